The molecule has 0 fully saturated rings. The van der Waals surface area contributed by atoms with Gasteiger partial charge in [0, 0.05) is 16.0 Å². The molecule has 0 N–H and O–H groups in total. The highest BCUT2D eigenvalue weighted by atomic mass is 32.1. The molecule has 148 valence electrons. The molecule has 3 rings (SSSR count). The zero-order valence-electron chi connectivity index (χ0n) is 17.0. The Morgan fingerprint density at radius 3 is 2.38 bits per heavy atom. The Balaban J connectivity index is 2.05. The third kappa shape index (κ3) is 4.33. The Kier molecular flexibility index (Phi) is 6.36. The second-order valence-electron chi connectivity index (χ2n) is 6.81. The van der Waals surface area contributed by atoms with Crippen LogP contribution in [0.1, 0.15) is 40.9 Å². The molecule has 29 heavy (non-hydrogen) atoms. The zero-order chi connectivity index (χ0) is 21.0. The van der Waals surface area contributed by atoms with Crippen LogP contribution in [0.4, 0.5) is 0 Å². The number of ether oxygens (including phenoxy) is 2. The number of para-hydroxylation sites is 1. The molecule has 0 saturated carbocycles. The fourth-order valence-corrected chi connectivity index (χ4v) is 4.19. The number of nitriles is 1. The van der Waals surface area contributed by atoms with E-state index in [9.17, 15) is 10.1 Å². The summed E-state index contributed by atoms with van der Waals surface area (Å²) in [5, 5.41) is 9.63. The maximum Gasteiger partial charge on any atom is 0.348 e. The van der Waals surface area contributed by atoms with Crippen LogP contribution in [0.5, 0.6) is 5.75 Å². The van der Waals surface area contributed by atoms with E-state index in [1.807, 2.05) is 69.3 Å². The fraction of sp³-hybridized carbons (Fsp3) is 0.250. The highest BCUT2D eigenvalue weighted by molar-refractivity contribution is 7.14. The summed E-state index contributed by atoms with van der Waals surface area (Å²) in [7, 11) is 0. The van der Waals surface area contributed by atoms with Crippen molar-refractivity contribution >= 4 is 17.3 Å². The van der Waals surface area contributed by atoms with Crippen LogP contribution in [0.25, 0.3) is 22.3 Å². The molecule has 0 unspecified atom stereocenters. The van der Waals surface area contributed by atoms with Gasteiger partial charge >= 0.3 is 5.97 Å². The molecule has 1 heterocycles. The molecular weight excluding hydrogens is 382 g/mol. The number of hydrogen-bond donors (Lipinski definition) is 0. The molecule has 0 aliphatic rings. The van der Waals surface area contributed by atoms with Crippen LogP contribution in [-0.4, -0.2) is 18.7 Å². The highest BCUT2D eigenvalue weighted by Gasteiger charge is 2.23. The van der Waals surface area contributed by atoms with Crippen LogP contribution in [0.15, 0.2) is 48.5 Å². The molecular formula is C24H23NO3S. The molecule has 0 spiro atoms. The van der Waals surface area contributed by atoms with Gasteiger partial charge in [-0.2, -0.15) is 5.26 Å². The number of aryl methyl sites for hydroxylation is 1. The van der Waals surface area contributed by atoms with E-state index in [1.54, 1.807) is 6.92 Å². The van der Waals surface area contributed by atoms with Gasteiger partial charge in [-0.15, -0.1) is 11.3 Å². The first kappa shape index (κ1) is 20.6. The Morgan fingerprint density at radius 2 is 1.76 bits per heavy atom. The first-order valence-corrected chi connectivity index (χ1v) is 10.3. The SMILES string of the molecule is CCOC(=O)c1sc(C)c(C#N)c1-c1ccc(-c2ccccc2OC(C)C)cc1. The average molecular weight is 406 g/mol. The number of esters is 1. The van der Waals surface area contributed by atoms with Gasteiger partial charge < -0.3 is 9.47 Å². The minimum absolute atomic E-state index is 0.0783. The summed E-state index contributed by atoms with van der Waals surface area (Å²) in [5.74, 6) is 0.434. The van der Waals surface area contributed by atoms with E-state index in [2.05, 4.69) is 6.07 Å². The summed E-state index contributed by atoms with van der Waals surface area (Å²) in [6, 6.07) is 18.0. The van der Waals surface area contributed by atoms with Gasteiger partial charge in [0.1, 0.15) is 16.7 Å². The predicted molar refractivity (Wildman–Crippen MR) is 116 cm³/mol. The van der Waals surface area contributed by atoms with Gasteiger partial charge in [-0.3, -0.25) is 0 Å². The molecule has 0 radical (unpaired) electrons. The normalized spacial score (nSPS) is 10.6. The summed E-state index contributed by atoms with van der Waals surface area (Å²) in [4.78, 5) is 13.7. The van der Waals surface area contributed by atoms with Gasteiger partial charge in [-0.05, 0) is 44.9 Å². The van der Waals surface area contributed by atoms with E-state index in [0.29, 0.717) is 22.6 Å². The van der Waals surface area contributed by atoms with Crippen molar-refractivity contribution in [3.05, 3.63) is 63.8 Å². The topological polar surface area (TPSA) is 59.3 Å². The van der Waals surface area contributed by atoms with E-state index < -0.39 is 5.97 Å². The Morgan fingerprint density at radius 1 is 1.10 bits per heavy atom. The summed E-state index contributed by atoms with van der Waals surface area (Å²) in [6.45, 7) is 7.92. The quantitative estimate of drug-likeness (QED) is 0.456. The van der Waals surface area contributed by atoms with Gasteiger partial charge in [0.15, 0.2) is 0 Å². The number of carbonyl (C=O) groups excluding carboxylic acids is 1. The van der Waals surface area contributed by atoms with E-state index in [4.69, 9.17) is 9.47 Å². The Hall–Kier alpha value is -3.10. The minimum atomic E-state index is -0.392. The number of carbonyl (C=O) groups is 1. The number of nitrogens with zero attached hydrogens (tertiary/aromatic N) is 1. The lowest BCUT2D eigenvalue weighted by Gasteiger charge is -2.14. The van der Waals surface area contributed by atoms with E-state index in [1.165, 1.54) is 11.3 Å². The van der Waals surface area contributed by atoms with Crippen LogP contribution in [0, 0.1) is 18.3 Å². The van der Waals surface area contributed by atoms with Gasteiger partial charge in [-0.25, -0.2) is 4.79 Å². The summed E-state index contributed by atoms with van der Waals surface area (Å²) in [6.07, 6.45) is 0.0783. The standard InChI is InChI=1S/C24H23NO3S/c1-5-27-24(26)23-22(20(14-25)16(4)29-23)18-12-10-17(11-13-18)19-8-6-7-9-21(19)28-15(2)3/h6-13,15H,5H2,1-4H3. The Bertz CT molecular complexity index is 1060. The smallest absolute Gasteiger partial charge is 0.348 e. The van der Waals surface area contributed by atoms with E-state index in [0.717, 1.165) is 27.3 Å². The van der Waals surface area contributed by atoms with Crippen molar-refractivity contribution in [3.63, 3.8) is 0 Å². The number of hydrogen-bond acceptors (Lipinski definition) is 5. The van der Waals surface area contributed by atoms with Crippen molar-refractivity contribution in [3.8, 4) is 34.1 Å². The van der Waals surface area contributed by atoms with Crippen molar-refractivity contribution in [1.29, 1.82) is 5.26 Å². The van der Waals surface area contributed by atoms with Gasteiger partial charge in [-0.1, -0.05) is 42.5 Å². The molecule has 0 saturated heterocycles. The molecule has 1 aromatic heterocycles. The third-order valence-electron chi connectivity index (χ3n) is 4.39. The van der Waals surface area contributed by atoms with E-state index >= 15 is 0 Å². The van der Waals surface area contributed by atoms with Crippen molar-refractivity contribution < 1.29 is 14.3 Å². The number of benzene rings is 2. The molecule has 0 atom stereocenters. The lowest BCUT2D eigenvalue weighted by atomic mass is 9.97. The lowest BCUT2D eigenvalue weighted by Crippen LogP contribution is -2.06. The molecule has 5 heteroatoms. The largest absolute Gasteiger partial charge is 0.490 e. The third-order valence-corrected chi connectivity index (χ3v) is 5.48. The van der Waals surface area contributed by atoms with Crippen LogP contribution < -0.4 is 4.74 Å². The molecule has 4 nitrogen and oxygen atoms in total. The Labute approximate surface area is 175 Å². The molecule has 2 aromatic carbocycles. The first-order chi connectivity index (χ1) is 14.0. The van der Waals surface area contributed by atoms with Gasteiger partial charge in [0.25, 0.3) is 0 Å². The molecule has 0 aliphatic carbocycles. The lowest BCUT2D eigenvalue weighted by molar-refractivity contribution is 0.0533. The molecule has 3 aromatic rings. The monoisotopic (exact) mass is 405 g/mol. The average Bonchev–Trinajstić information content (AvgIpc) is 3.04. The van der Waals surface area contributed by atoms with Crippen LogP contribution in [-0.2, 0) is 4.74 Å². The highest BCUT2D eigenvalue weighted by Crippen LogP contribution is 2.38. The van der Waals surface area contributed by atoms with Crippen LogP contribution in [0.3, 0.4) is 0 Å². The minimum Gasteiger partial charge on any atom is -0.490 e. The molecule has 0 amide bonds. The summed E-state index contributed by atoms with van der Waals surface area (Å²) in [5.41, 5.74) is 3.99. The summed E-state index contributed by atoms with van der Waals surface area (Å²) < 4.78 is 11.1. The fourth-order valence-electron chi connectivity index (χ4n) is 3.17. The summed E-state index contributed by atoms with van der Waals surface area (Å²) >= 11 is 1.30. The zero-order valence-corrected chi connectivity index (χ0v) is 17.8. The van der Waals surface area contributed by atoms with Crippen molar-refractivity contribution in [1.82, 2.24) is 0 Å². The van der Waals surface area contributed by atoms with Gasteiger partial charge in [0.2, 0.25) is 0 Å². The van der Waals surface area contributed by atoms with Crippen LogP contribution >= 0.6 is 11.3 Å². The van der Waals surface area contributed by atoms with E-state index in [-0.39, 0.29) is 6.10 Å². The predicted octanol–water partition coefficient (Wildman–Crippen LogP) is 6.23. The van der Waals surface area contributed by atoms with Crippen molar-refractivity contribution in [2.45, 2.75) is 33.8 Å². The van der Waals surface area contributed by atoms with Crippen molar-refractivity contribution in [2.75, 3.05) is 6.61 Å². The number of rotatable bonds is 6. The molecule has 0 bridgehead atoms. The van der Waals surface area contributed by atoms with Crippen LogP contribution in [0.2, 0.25) is 0 Å². The second-order valence-corrected chi connectivity index (χ2v) is 8.03. The van der Waals surface area contributed by atoms with Gasteiger partial charge in [0.05, 0.1) is 18.3 Å². The van der Waals surface area contributed by atoms with Crippen molar-refractivity contribution in [2.24, 2.45) is 0 Å². The molecule has 0 aliphatic heterocycles. The maximum atomic E-state index is 12.4. The number of thiophene rings is 1. The maximum absolute atomic E-state index is 12.4. The second kappa shape index (κ2) is 8.93. The first-order valence-electron chi connectivity index (χ1n) is 9.53.